The van der Waals surface area contributed by atoms with E-state index < -0.39 is 23.9 Å². The smallest absolute Gasteiger partial charge is 0.337 e. The Labute approximate surface area is 449 Å². The van der Waals surface area contributed by atoms with E-state index >= 15 is 0 Å². The molecule has 4 N–H and O–H groups in total. The van der Waals surface area contributed by atoms with Gasteiger partial charge in [0.2, 0.25) is 0 Å². The minimum atomic E-state index is -1.41. The Kier molecular flexibility index (Phi) is 13.5. The molecule has 0 aliphatic rings. The lowest BCUT2D eigenvalue weighted by atomic mass is 9.75. The third-order valence-electron chi connectivity index (χ3n) is 14.1. The highest BCUT2D eigenvalue weighted by molar-refractivity contribution is 6.21. The molecule has 8 nitrogen and oxygen atoms in total. The molecule has 0 saturated carbocycles. The summed E-state index contributed by atoms with van der Waals surface area (Å²) < 4.78 is 0. The van der Waals surface area contributed by atoms with Crippen molar-refractivity contribution < 1.29 is 39.6 Å². The highest BCUT2D eigenvalue weighted by Gasteiger charge is 2.36. The summed E-state index contributed by atoms with van der Waals surface area (Å²) in [6, 6.07) is 78.0. The second-order valence-electron chi connectivity index (χ2n) is 18.6. The fourth-order valence-electron chi connectivity index (χ4n) is 11.0. The Morgan fingerprint density at radius 1 is 0.179 bits per heavy atom. The quantitative estimate of drug-likeness (QED) is 0.0841. The van der Waals surface area contributed by atoms with Crippen LogP contribution >= 0.6 is 0 Å². The molecule has 11 rings (SSSR count). The van der Waals surface area contributed by atoms with Crippen LogP contribution in [0.3, 0.4) is 0 Å². The van der Waals surface area contributed by atoms with E-state index in [0.717, 1.165) is 0 Å². The highest BCUT2D eigenvalue weighted by atomic mass is 16.4. The first-order chi connectivity index (χ1) is 38.1. The average Bonchev–Trinajstić information content (AvgIpc) is 3.68. The molecule has 0 unspecified atom stereocenters. The van der Waals surface area contributed by atoms with Gasteiger partial charge in [0, 0.05) is 22.3 Å². The summed E-state index contributed by atoms with van der Waals surface area (Å²) in [7, 11) is 0. The van der Waals surface area contributed by atoms with E-state index in [1.54, 1.807) is 60.7 Å². The third kappa shape index (κ3) is 8.99. The van der Waals surface area contributed by atoms with Crippen LogP contribution in [-0.2, 0) is 0 Å². The molecule has 0 saturated heterocycles. The number of hydrogen-bond acceptors (Lipinski definition) is 4. The molecule has 0 bridgehead atoms. The number of carboxylic acid groups (broad SMARTS) is 4. The summed E-state index contributed by atoms with van der Waals surface area (Å²) in [5.74, 6) is -5.61. The predicted octanol–water partition coefficient (Wildman–Crippen LogP) is 17.1. The molecular weight excluding hydrogens is 969 g/mol. The number of carbonyl (C=O) groups is 4. The van der Waals surface area contributed by atoms with Crippen molar-refractivity contribution in [2.24, 2.45) is 0 Å². The summed E-state index contributed by atoms with van der Waals surface area (Å²) in [6.45, 7) is 0. The first kappa shape index (κ1) is 49.5. The largest absolute Gasteiger partial charge is 0.478 e. The van der Waals surface area contributed by atoms with E-state index in [1.165, 1.54) is 0 Å². The van der Waals surface area contributed by atoms with Gasteiger partial charge in [-0.2, -0.15) is 0 Å². The molecule has 0 heterocycles. The molecular formula is C70H46O8. The Bertz CT molecular complexity index is 3820. The van der Waals surface area contributed by atoms with Crippen molar-refractivity contribution in [3.8, 4) is 111 Å². The van der Waals surface area contributed by atoms with Crippen molar-refractivity contribution in [3.63, 3.8) is 0 Å². The van der Waals surface area contributed by atoms with E-state index in [1.807, 2.05) is 194 Å². The molecule has 0 amide bonds. The molecule has 0 aliphatic heterocycles. The fraction of sp³-hybridized carbons (Fsp3) is 0. The second-order valence-corrected chi connectivity index (χ2v) is 18.6. The molecule has 8 heteroatoms. The van der Waals surface area contributed by atoms with Crippen LogP contribution in [0.5, 0.6) is 0 Å². The van der Waals surface area contributed by atoms with Crippen LogP contribution in [0.4, 0.5) is 0 Å². The van der Waals surface area contributed by atoms with Gasteiger partial charge in [-0.1, -0.05) is 255 Å². The molecule has 0 atom stereocenters. The van der Waals surface area contributed by atoms with Crippen molar-refractivity contribution in [2.75, 3.05) is 0 Å². The summed E-state index contributed by atoms with van der Waals surface area (Å²) in [6.07, 6.45) is 0. The van der Waals surface area contributed by atoms with E-state index in [4.69, 9.17) is 0 Å². The van der Waals surface area contributed by atoms with Crippen LogP contribution in [0.2, 0.25) is 0 Å². The lowest BCUT2D eigenvalue weighted by Gasteiger charge is -2.26. The van der Waals surface area contributed by atoms with E-state index in [-0.39, 0.29) is 44.5 Å². The van der Waals surface area contributed by atoms with Gasteiger partial charge in [-0.3, -0.25) is 0 Å². The molecule has 11 aromatic carbocycles. The zero-order valence-corrected chi connectivity index (χ0v) is 41.7. The summed E-state index contributed by atoms with van der Waals surface area (Å²) in [5.41, 5.74) is 9.15. The molecule has 0 radical (unpaired) electrons. The van der Waals surface area contributed by atoms with Gasteiger partial charge in [0.15, 0.2) is 0 Å². The van der Waals surface area contributed by atoms with Crippen molar-refractivity contribution in [1.29, 1.82) is 0 Å². The van der Waals surface area contributed by atoms with Crippen LogP contribution in [0.25, 0.3) is 111 Å². The summed E-state index contributed by atoms with van der Waals surface area (Å²) >= 11 is 0. The van der Waals surface area contributed by atoms with Crippen LogP contribution < -0.4 is 0 Å². The van der Waals surface area contributed by atoms with Crippen molar-refractivity contribution in [1.82, 2.24) is 0 Å². The van der Waals surface area contributed by atoms with Crippen LogP contribution in [-0.4, -0.2) is 44.3 Å². The second kappa shape index (κ2) is 21.3. The zero-order valence-electron chi connectivity index (χ0n) is 41.7. The first-order valence-corrected chi connectivity index (χ1v) is 25.2. The first-order valence-electron chi connectivity index (χ1n) is 25.2. The number of aromatic carboxylic acids is 4. The Morgan fingerprint density at radius 3 is 0.590 bits per heavy atom. The maximum absolute atomic E-state index is 14.0. The van der Waals surface area contributed by atoms with Crippen LogP contribution in [0, 0.1) is 0 Å². The van der Waals surface area contributed by atoms with Gasteiger partial charge in [-0.15, -0.1) is 0 Å². The molecule has 11 aromatic rings. The van der Waals surface area contributed by atoms with E-state index in [0.29, 0.717) is 89.0 Å². The topological polar surface area (TPSA) is 149 Å². The average molecular weight is 1020 g/mol. The minimum Gasteiger partial charge on any atom is -0.478 e. The van der Waals surface area contributed by atoms with Gasteiger partial charge in [-0.05, 0) is 89.0 Å². The standard InChI is InChI=1S/C70H46O8/c71-67(72)63-59(49-31-15-5-16-32-49)55(45-23-7-1-8-24-45)57(47-27-11-3-12-28-47)61(65(63)69(75)76)53-37-21-19-35-51(53)43-39-41-44(42-40-43)52-36-20-22-38-54(52)62-58(48-29-13-4-14-30-48)56(46-25-9-2-10-26-46)60(50-33-17-6-18-34-50)64(68(73)74)66(62)70(77)78/h1-42H,(H,71,72)(H,73,74)(H,75,76)(H,77,78). The van der Waals surface area contributed by atoms with Gasteiger partial charge >= 0.3 is 23.9 Å². The summed E-state index contributed by atoms with van der Waals surface area (Å²) in [4.78, 5) is 55.8. The SMILES string of the molecule is O=C(O)c1c(C(=O)O)c(-c2ccccc2-c2ccc(-c3ccccc3-c3c(C(=O)O)c(C(=O)O)c(-c4ccccc4)c(-c4ccccc4)c3-c3ccccc3)cc2)c(-c2ccccc2)c(-c2ccccc2)c1-c1ccccc1. The zero-order chi connectivity index (χ0) is 53.9. The number of hydrogen-bond donors (Lipinski definition) is 4. The Hall–Kier alpha value is -10.7. The molecule has 0 fully saturated rings. The molecule has 374 valence electrons. The van der Waals surface area contributed by atoms with E-state index in [9.17, 15) is 39.6 Å². The Morgan fingerprint density at radius 2 is 0.359 bits per heavy atom. The minimum absolute atomic E-state index is 0.228. The third-order valence-corrected chi connectivity index (χ3v) is 14.1. The normalized spacial score (nSPS) is 11.0. The summed E-state index contributed by atoms with van der Waals surface area (Å²) in [5, 5.41) is 45.4. The van der Waals surface area contributed by atoms with Gasteiger partial charge in [-0.25, -0.2) is 19.2 Å². The van der Waals surface area contributed by atoms with Gasteiger partial charge in [0.05, 0.1) is 22.3 Å². The lowest BCUT2D eigenvalue weighted by Crippen LogP contribution is -2.15. The monoisotopic (exact) mass is 1010 g/mol. The number of carboxylic acids is 4. The predicted molar refractivity (Wildman–Crippen MR) is 309 cm³/mol. The lowest BCUT2D eigenvalue weighted by molar-refractivity contribution is 0.0653. The van der Waals surface area contributed by atoms with Gasteiger partial charge in [0.25, 0.3) is 0 Å². The van der Waals surface area contributed by atoms with Crippen molar-refractivity contribution in [2.45, 2.75) is 0 Å². The molecule has 0 spiro atoms. The van der Waals surface area contributed by atoms with Crippen LogP contribution in [0.1, 0.15) is 41.4 Å². The van der Waals surface area contributed by atoms with Crippen molar-refractivity contribution in [3.05, 3.63) is 277 Å². The highest BCUT2D eigenvalue weighted by Crippen LogP contribution is 2.54. The maximum atomic E-state index is 14.0. The fourth-order valence-corrected chi connectivity index (χ4v) is 11.0. The van der Waals surface area contributed by atoms with Gasteiger partial charge < -0.3 is 20.4 Å². The van der Waals surface area contributed by atoms with Gasteiger partial charge in [0.1, 0.15) is 0 Å². The van der Waals surface area contributed by atoms with E-state index in [2.05, 4.69) is 0 Å². The maximum Gasteiger partial charge on any atom is 0.337 e. The molecule has 78 heavy (non-hydrogen) atoms. The van der Waals surface area contributed by atoms with Crippen LogP contribution in [0.15, 0.2) is 255 Å². The number of benzene rings is 11. The Balaban J connectivity index is 1.18. The van der Waals surface area contributed by atoms with Crippen molar-refractivity contribution >= 4 is 23.9 Å². The number of rotatable bonds is 14. The molecule has 0 aliphatic carbocycles. The molecule has 0 aromatic heterocycles.